The van der Waals surface area contributed by atoms with Gasteiger partial charge >= 0.3 is 0 Å². The number of fused-ring (bicyclic) bond motifs is 7. The van der Waals surface area contributed by atoms with Gasteiger partial charge in [0.2, 0.25) is 0 Å². The molecule has 0 unspecified atom stereocenters. The lowest BCUT2D eigenvalue weighted by molar-refractivity contribution is 0.331. The molecule has 0 saturated carbocycles. The van der Waals surface area contributed by atoms with Crippen LogP contribution in [0.2, 0.25) is 0 Å². The Morgan fingerprint density at radius 1 is 0.354 bits per heavy atom. The minimum atomic E-state index is -0.494. The van der Waals surface area contributed by atoms with Crippen molar-refractivity contribution >= 4 is 39.0 Å². The first-order valence-electron chi connectivity index (χ1n) is 23.1. The number of furan rings is 1. The SMILES string of the molecule is CC1(C)CCC(C)(C)c2cc3c(cc21)-c1ccc(-c2ccc(N(c4cccc(-c5ccccc5)c4)c4ccc5oc6ccccc6c5c4)cc2)cc1C3(c1ccccc1)c1ccccc1. The first kappa shape index (κ1) is 39.2. The van der Waals surface area contributed by atoms with Crippen molar-refractivity contribution in [2.24, 2.45) is 0 Å². The van der Waals surface area contributed by atoms with E-state index < -0.39 is 5.41 Å². The molecule has 2 aliphatic rings. The average molecular weight is 838 g/mol. The number of nitrogens with zero attached hydrogens (tertiary/aromatic N) is 1. The van der Waals surface area contributed by atoms with Gasteiger partial charge in [-0.2, -0.15) is 0 Å². The zero-order valence-electron chi connectivity index (χ0n) is 37.5. The highest BCUT2D eigenvalue weighted by Crippen LogP contribution is 2.60. The molecule has 2 nitrogen and oxygen atoms in total. The molecule has 2 heteroatoms. The monoisotopic (exact) mass is 837 g/mol. The van der Waals surface area contributed by atoms with Crippen LogP contribution < -0.4 is 4.90 Å². The van der Waals surface area contributed by atoms with Crippen LogP contribution in [0.5, 0.6) is 0 Å². The third-order valence-corrected chi connectivity index (χ3v) is 14.8. The Labute approximate surface area is 382 Å². The third kappa shape index (κ3) is 6.22. The van der Waals surface area contributed by atoms with Crippen LogP contribution in [-0.4, -0.2) is 0 Å². The lowest BCUT2D eigenvalue weighted by Gasteiger charge is -2.43. The molecule has 0 bridgehead atoms. The largest absolute Gasteiger partial charge is 0.456 e. The Bertz CT molecular complexity index is 3370. The summed E-state index contributed by atoms with van der Waals surface area (Å²) in [4.78, 5) is 2.37. The van der Waals surface area contributed by atoms with E-state index in [1.165, 1.54) is 79.6 Å². The highest BCUT2D eigenvalue weighted by Gasteiger charge is 2.49. The summed E-state index contributed by atoms with van der Waals surface area (Å²) in [6, 6.07) is 78.5. The normalized spacial score (nSPS) is 15.3. The molecule has 1 aromatic heterocycles. The molecule has 0 fully saturated rings. The smallest absolute Gasteiger partial charge is 0.135 e. The average Bonchev–Trinajstić information content (AvgIpc) is 3.87. The molecule has 9 aromatic carbocycles. The summed E-state index contributed by atoms with van der Waals surface area (Å²) in [5, 5.41) is 2.22. The maximum absolute atomic E-state index is 6.29. The first-order valence-corrected chi connectivity index (χ1v) is 23.1. The van der Waals surface area contributed by atoms with Gasteiger partial charge in [0.1, 0.15) is 11.2 Å². The zero-order valence-corrected chi connectivity index (χ0v) is 37.5. The van der Waals surface area contributed by atoms with Gasteiger partial charge in [0.05, 0.1) is 5.41 Å². The maximum atomic E-state index is 6.29. The van der Waals surface area contributed by atoms with Crippen LogP contribution in [0.3, 0.4) is 0 Å². The van der Waals surface area contributed by atoms with Crippen molar-refractivity contribution in [3.05, 3.63) is 246 Å². The third-order valence-electron chi connectivity index (χ3n) is 14.8. The van der Waals surface area contributed by atoms with Crippen LogP contribution in [0.4, 0.5) is 17.1 Å². The summed E-state index contributed by atoms with van der Waals surface area (Å²) in [7, 11) is 0. The molecule has 0 saturated heterocycles. The highest BCUT2D eigenvalue weighted by molar-refractivity contribution is 6.06. The Morgan fingerprint density at radius 2 is 0.877 bits per heavy atom. The summed E-state index contributed by atoms with van der Waals surface area (Å²) < 4.78 is 6.29. The molecule has 0 radical (unpaired) electrons. The van der Waals surface area contributed by atoms with Crippen molar-refractivity contribution in [1.29, 1.82) is 0 Å². The van der Waals surface area contributed by atoms with Crippen LogP contribution in [0.25, 0.3) is 55.3 Å². The molecular formula is C63H51NO. The van der Waals surface area contributed by atoms with E-state index in [2.05, 4.69) is 233 Å². The van der Waals surface area contributed by atoms with Gasteiger partial charge in [0, 0.05) is 27.8 Å². The minimum Gasteiger partial charge on any atom is -0.456 e. The highest BCUT2D eigenvalue weighted by atomic mass is 16.3. The Morgan fingerprint density at radius 3 is 1.58 bits per heavy atom. The van der Waals surface area contributed by atoms with Gasteiger partial charge in [-0.05, 0) is 151 Å². The number of para-hydroxylation sites is 1. The molecule has 1 heterocycles. The van der Waals surface area contributed by atoms with E-state index in [4.69, 9.17) is 4.42 Å². The van der Waals surface area contributed by atoms with Gasteiger partial charge in [-0.15, -0.1) is 0 Å². The van der Waals surface area contributed by atoms with Gasteiger partial charge in [-0.25, -0.2) is 0 Å². The fourth-order valence-corrected chi connectivity index (χ4v) is 11.3. The zero-order chi connectivity index (χ0) is 43.9. The number of hydrogen-bond acceptors (Lipinski definition) is 2. The Hall–Kier alpha value is -7.42. The number of hydrogen-bond donors (Lipinski definition) is 0. The van der Waals surface area contributed by atoms with E-state index in [1.807, 2.05) is 12.1 Å². The molecule has 12 rings (SSSR count). The first-order chi connectivity index (χ1) is 31.7. The van der Waals surface area contributed by atoms with E-state index in [0.29, 0.717) is 0 Å². The van der Waals surface area contributed by atoms with Crippen molar-refractivity contribution in [1.82, 2.24) is 0 Å². The van der Waals surface area contributed by atoms with Crippen molar-refractivity contribution in [3.63, 3.8) is 0 Å². The second-order valence-electron chi connectivity index (χ2n) is 19.5. The van der Waals surface area contributed by atoms with Crippen LogP contribution in [0.15, 0.2) is 217 Å². The van der Waals surface area contributed by atoms with E-state index in [1.54, 1.807) is 0 Å². The molecule has 314 valence electrons. The van der Waals surface area contributed by atoms with E-state index in [-0.39, 0.29) is 10.8 Å². The number of benzene rings is 9. The maximum Gasteiger partial charge on any atom is 0.135 e. The lowest BCUT2D eigenvalue weighted by atomic mass is 9.61. The van der Waals surface area contributed by atoms with Gasteiger partial charge in [-0.1, -0.05) is 179 Å². The standard InChI is InChI=1S/C63H51NO/c1-61(2)35-36-62(3,4)58-41-56-53(40-57(58)61)51-33-29-45(38-55(51)63(56,46-20-10-6-11-21-46)47-22-12-7-13-23-47)43-27-30-48(31-28-43)64(49-24-16-19-44(37-49)42-17-8-5-9-18-42)50-32-34-60-54(39-50)52-25-14-15-26-59(52)65-60/h5-34,37-41H,35-36H2,1-4H3. The molecule has 0 amide bonds. The van der Waals surface area contributed by atoms with Crippen LogP contribution in [0, 0.1) is 0 Å². The van der Waals surface area contributed by atoms with E-state index in [9.17, 15) is 0 Å². The van der Waals surface area contributed by atoms with Crippen LogP contribution in [0.1, 0.15) is 73.9 Å². The second-order valence-corrected chi connectivity index (χ2v) is 19.5. The summed E-state index contributed by atoms with van der Waals surface area (Å²) in [5.74, 6) is 0. The Balaban J connectivity index is 1.02. The van der Waals surface area contributed by atoms with Crippen LogP contribution in [-0.2, 0) is 16.2 Å². The lowest BCUT2D eigenvalue weighted by Crippen LogP contribution is -2.35. The van der Waals surface area contributed by atoms with Crippen molar-refractivity contribution in [2.75, 3.05) is 4.90 Å². The van der Waals surface area contributed by atoms with Crippen molar-refractivity contribution < 1.29 is 4.42 Å². The molecule has 0 aliphatic heterocycles. The molecule has 2 aliphatic carbocycles. The number of anilines is 3. The summed E-state index contributed by atoms with van der Waals surface area (Å²) in [6.07, 6.45) is 2.36. The van der Waals surface area contributed by atoms with Crippen molar-refractivity contribution in [3.8, 4) is 33.4 Å². The predicted molar refractivity (Wildman–Crippen MR) is 272 cm³/mol. The Kier molecular flexibility index (Phi) is 8.94. The second kappa shape index (κ2) is 14.8. The van der Waals surface area contributed by atoms with E-state index in [0.717, 1.165) is 39.0 Å². The number of rotatable bonds is 7. The van der Waals surface area contributed by atoms with Gasteiger partial charge in [-0.3, -0.25) is 0 Å². The molecule has 0 atom stereocenters. The summed E-state index contributed by atoms with van der Waals surface area (Å²) in [6.45, 7) is 9.78. The molecule has 65 heavy (non-hydrogen) atoms. The fraction of sp³-hybridized carbons (Fsp3) is 0.143. The quantitative estimate of drug-likeness (QED) is 0.159. The van der Waals surface area contributed by atoms with Gasteiger partial charge < -0.3 is 9.32 Å². The minimum absolute atomic E-state index is 0.0789. The van der Waals surface area contributed by atoms with Gasteiger partial charge in [0.15, 0.2) is 0 Å². The molecule has 0 spiro atoms. The van der Waals surface area contributed by atoms with E-state index >= 15 is 0 Å². The summed E-state index contributed by atoms with van der Waals surface area (Å²) in [5.41, 5.74) is 20.4. The predicted octanol–water partition coefficient (Wildman–Crippen LogP) is 17.1. The topological polar surface area (TPSA) is 16.4 Å². The molecule has 10 aromatic rings. The summed E-state index contributed by atoms with van der Waals surface area (Å²) >= 11 is 0. The fourth-order valence-electron chi connectivity index (χ4n) is 11.3. The van der Waals surface area contributed by atoms with Gasteiger partial charge in [0.25, 0.3) is 0 Å². The van der Waals surface area contributed by atoms with Crippen LogP contribution >= 0.6 is 0 Å². The molecular weight excluding hydrogens is 787 g/mol. The van der Waals surface area contributed by atoms with Crippen molar-refractivity contribution in [2.45, 2.75) is 56.8 Å². The molecule has 0 N–H and O–H groups in total.